The van der Waals surface area contributed by atoms with Crippen molar-refractivity contribution < 1.29 is 4.79 Å². The number of H-pyrrole nitrogens is 1. The summed E-state index contributed by atoms with van der Waals surface area (Å²) in [4.78, 5) is 22.1. The van der Waals surface area contributed by atoms with E-state index in [9.17, 15) is 4.79 Å². The van der Waals surface area contributed by atoms with E-state index in [2.05, 4.69) is 35.1 Å². The summed E-state index contributed by atoms with van der Waals surface area (Å²) >= 11 is 5.90. The molecule has 0 spiro atoms. The summed E-state index contributed by atoms with van der Waals surface area (Å²) in [6.45, 7) is 2.09. The fourth-order valence-electron chi connectivity index (χ4n) is 3.79. The van der Waals surface area contributed by atoms with Gasteiger partial charge < -0.3 is 9.88 Å². The van der Waals surface area contributed by atoms with Gasteiger partial charge in [-0.15, -0.1) is 11.6 Å². The number of aromatic nitrogens is 2. The highest BCUT2D eigenvalue weighted by molar-refractivity contribution is 6.27. The molecule has 2 aromatic heterocycles. The Hall–Kier alpha value is -2.33. The zero-order valence-corrected chi connectivity index (χ0v) is 14.1. The number of alkyl halides is 1. The normalized spacial score (nSPS) is 20.2. The number of halogens is 1. The molecule has 5 heteroatoms. The van der Waals surface area contributed by atoms with Gasteiger partial charge in [-0.25, -0.2) is 0 Å². The van der Waals surface area contributed by atoms with E-state index in [0.717, 1.165) is 23.2 Å². The largest absolute Gasteiger partial charge is 0.356 e. The summed E-state index contributed by atoms with van der Waals surface area (Å²) in [6.07, 6.45) is 4.35. The number of carbonyl (C=O) groups is 1. The van der Waals surface area contributed by atoms with E-state index in [0.29, 0.717) is 0 Å². The van der Waals surface area contributed by atoms with Crippen LogP contribution < -0.4 is 0 Å². The van der Waals surface area contributed by atoms with Gasteiger partial charge in [-0.1, -0.05) is 18.2 Å². The first kappa shape index (κ1) is 15.2. The van der Waals surface area contributed by atoms with Crippen LogP contribution in [-0.2, 0) is 11.2 Å². The van der Waals surface area contributed by atoms with Crippen molar-refractivity contribution in [3.05, 3.63) is 65.6 Å². The molecular weight excluding hydrogens is 322 g/mol. The average molecular weight is 340 g/mol. The maximum Gasteiger partial charge on any atom is 0.238 e. The van der Waals surface area contributed by atoms with Crippen molar-refractivity contribution in [3.63, 3.8) is 0 Å². The van der Waals surface area contributed by atoms with Crippen LogP contribution in [0.1, 0.15) is 29.8 Å². The summed E-state index contributed by atoms with van der Waals surface area (Å²) in [7, 11) is 0. The molecular formula is C19H18ClN3O. The smallest absolute Gasteiger partial charge is 0.238 e. The Morgan fingerprint density at radius 3 is 2.79 bits per heavy atom. The molecule has 1 aliphatic rings. The van der Waals surface area contributed by atoms with E-state index in [1.54, 1.807) is 12.4 Å². The molecule has 24 heavy (non-hydrogen) atoms. The van der Waals surface area contributed by atoms with Crippen molar-refractivity contribution in [2.24, 2.45) is 0 Å². The van der Waals surface area contributed by atoms with Crippen molar-refractivity contribution >= 4 is 28.4 Å². The average Bonchev–Trinajstić information content (AvgIpc) is 2.99. The third kappa shape index (κ3) is 2.29. The molecule has 2 atom stereocenters. The van der Waals surface area contributed by atoms with Crippen LogP contribution in [0.4, 0.5) is 0 Å². The number of carbonyl (C=O) groups excluding carboxylic acids is 1. The maximum absolute atomic E-state index is 12.6. The maximum atomic E-state index is 12.6. The first-order chi connectivity index (χ1) is 11.7. The Balaban J connectivity index is 1.96. The molecule has 0 fully saturated rings. The lowest BCUT2D eigenvalue weighted by atomic mass is 9.89. The highest BCUT2D eigenvalue weighted by atomic mass is 35.5. The van der Waals surface area contributed by atoms with Crippen LogP contribution in [0.2, 0.25) is 0 Å². The van der Waals surface area contributed by atoms with Crippen molar-refractivity contribution in [1.29, 1.82) is 0 Å². The molecule has 0 saturated carbocycles. The minimum Gasteiger partial charge on any atom is -0.356 e. The second-order valence-electron chi connectivity index (χ2n) is 6.23. The number of amides is 1. The quantitative estimate of drug-likeness (QED) is 0.724. The monoisotopic (exact) mass is 339 g/mol. The van der Waals surface area contributed by atoms with Gasteiger partial charge in [-0.2, -0.15) is 0 Å². The number of nitrogens with zero attached hydrogens (tertiary/aromatic N) is 2. The van der Waals surface area contributed by atoms with Gasteiger partial charge in [0.2, 0.25) is 5.91 Å². The van der Waals surface area contributed by atoms with Gasteiger partial charge in [0.25, 0.3) is 0 Å². The second-order valence-corrected chi connectivity index (χ2v) is 6.50. The molecule has 0 saturated heterocycles. The van der Waals surface area contributed by atoms with Crippen LogP contribution in [0.25, 0.3) is 10.9 Å². The van der Waals surface area contributed by atoms with Gasteiger partial charge in [0.1, 0.15) is 5.88 Å². The third-order valence-corrected chi connectivity index (χ3v) is 5.03. The zero-order chi connectivity index (χ0) is 16.7. The number of benzene rings is 1. The van der Waals surface area contributed by atoms with E-state index in [1.165, 1.54) is 10.9 Å². The zero-order valence-electron chi connectivity index (χ0n) is 13.4. The highest BCUT2D eigenvalue weighted by Gasteiger charge is 2.37. The first-order valence-corrected chi connectivity index (χ1v) is 8.60. The van der Waals surface area contributed by atoms with Crippen LogP contribution in [0.5, 0.6) is 0 Å². The fraction of sp³-hybridized carbons (Fsp3) is 0.263. The number of rotatable bonds is 2. The van der Waals surface area contributed by atoms with Crippen molar-refractivity contribution in [2.75, 3.05) is 5.88 Å². The van der Waals surface area contributed by atoms with Gasteiger partial charge in [-0.05, 0) is 42.7 Å². The molecule has 0 unspecified atom stereocenters. The van der Waals surface area contributed by atoms with Crippen molar-refractivity contribution in [2.45, 2.75) is 25.4 Å². The predicted octanol–water partition coefficient (Wildman–Crippen LogP) is 3.66. The first-order valence-electron chi connectivity index (χ1n) is 8.07. The van der Waals surface area contributed by atoms with Crippen LogP contribution in [0, 0.1) is 0 Å². The molecule has 1 N–H and O–H groups in total. The summed E-state index contributed by atoms with van der Waals surface area (Å²) in [6, 6.07) is 12.1. The van der Waals surface area contributed by atoms with E-state index < -0.39 is 0 Å². The third-order valence-electron chi connectivity index (χ3n) is 4.80. The number of para-hydroxylation sites is 1. The van der Waals surface area contributed by atoms with Crippen LogP contribution in [0.15, 0.2) is 48.8 Å². The minimum absolute atomic E-state index is 0.0124. The molecule has 3 aromatic rings. The van der Waals surface area contributed by atoms with E-state index in [4.69, 9.17) is 11.6 Å². The molecule has 1 aliphatic heterocycles. The Morgan fingerprint density at radius 1 is 1.29 bits per heavy atom. The molecule has 0 radical (unpaired) electrons. The number of nitrogens with one attached hydrogen (secondary N) is 1. The van der Waals surface area contributed by atoms with Crippen LogP contribution >= 0.6 is 11.6 Å². The standard InChI is InChI=1S/C19H18ClN3O/c1-12-10-15-14-4-2-3-5-16(14)22-18(15)19(23(12)17(24)11-20)13-6-8-21-9-7-13/h2-9,12,19,22H,10-11H2,1H3/t12-,19-/m0/s1. The molecule has 4 nitrogen and oxygen atoms in total. The SMILES string of the molecule is C[C@H]1Cc2c([nH]c3ccccc23)[C@H](c2ccncc2)N1C(=O)CCl. The van der Waals surface area contributed by atoms with Gasteiger partial charge >= 0.3 is 0 Å². The molecule has 1 aromatic carbocycles. The van der Waals surface area contributed by atoms with E-state index in [1.807, 2.05) is 23.1 Å². The molecule has 0 aliphatic carbocycles. The van der Waals surface area contributed by atoms with Gasteiger partial charge in [0, 0.05) is 35.0 Å². The van der Waals surface area contributed by atoms with Crippen LogP contribution in [-0.4, -0.2) is 32.7 Å². The molecule has 1 amide bonds. The van der Waals surface area contributed by atoms with Crippen LogP contribution in [0.3, 0.4) is 0 Å². The predicted molar refractivity (Wildman–Crippen MR) is 95.1 cm³/mol. The molecule has 3 heterocycles. The lowest BCUT2D eigenvalue weighted by Crippen LogP contribution is -2.46. The summed E-state index contributed by atoms with van der Waals surface area (Å²) in [5.41, 5.74) is 4.52. The molecule has 122 valence electrons. The topological polar surface area (TPSA) is 49.0 Å². The fourth-order valence-corrected chi connectivity index (χ4v) is 3.93. The summed E-state index contributed by atoms with van der Waals surface area (Å²) in [5.74, 6) is -0.0584. The van der Waals surface area contributed by atoms with E-state index >= 15 is 0 Å². The Labute approximate surface area is 145 Å². The van der Waals surface area contributed by atoms with Gasteiger partial charge in [0.05, 0.1) is 6.04 Å². The van der Waals surface area contributed by atoms with E-state index in [-0.39, 0.29) is 23.9 Å². The number of hydrogen-bond donors (Lipinski definition) is 1. The molecule has 4 rings (SSSR count). The number of fused-ring (bicyclic) bond motifs is 3. The second kappa shape index (κ2) is 5.95. The number of pyridine rings is 1. The Morgan fingerprint density at radius 2 is 2.04 bits per heavy atom. The van der Waals surface area contributed by atoms with Gasteiger partial charge in [-0.3, -0.25) is 9.78 Å². The lowest BCUT2D eigenvalue weighted by Gasteiger charge is -2.40. The van der Waals surface area contributed by atoms with Crippen molar-refractivity contribution in [3.8, 4) is 0 Å². The lowest BCUT2D eigenvalue weighted by molar-refractivity contribution is -0.133. The Bertz CT molecular complexity index is 890. The van der Waals surface area contributed by atoms with Gasteiger partial charge in [0.15, 0.2) is 0 Å². The highest BCUT2D eigenvalue weighted by Crippen LogP contribution is 2.40. The minimum atomic E-state index is -0.162. The number of aromatic amines is 1. The van der Waals surface area contributed by atoms with Crippen molar-refractivity contribution in [1.82, 2.24) is 14.9 Å². The summed E-state index contributed by atoms with van der Waals surface area (Å²) < 4.78 is 0. The summed E-state index contributed by atoms with van der Waals surface area (Å²) in [5, 5.41) is 1.23. The number of hydrogen-bond acceptors (Lipinski definition) is 2. The molecule has 0 bridgehead atoms. The Kier molecular flexibility index (Phi) is 3.77.